The van der Waals surface area contributed by atoms with Crippen molar-refractivity contribution in [3.8, 4) is 0 Å². The van der Waals surface area contributed by atoms with E-state index in [4.69, 9.17) is 4.74 Å². The Hall–Kier alpha value is -1.58. The van der Waals surface area contributed by atoms with Crippen LogP contribution in [0.1, 0.15) is 78.6 Å². The molecule has 5 aliphatic rings. The molecule has 0 amide bonds. The number of nitrogens with zero attached hydrogens (tertiary/aromatic N) is 1. The first-order valence-electron chi connectivity index (χ1n) is 13.0. The number of hydrogen-bond donors (Lipinski definition) is 0. The second kappa shape index (κ2) is 8.02. The Bertz CT molecular complexity index is 846. The lowest BCUT2D eigenvalue weighted by Gasteiger charge is -2.61. The van der Waals surface area contributed by atoms with Crippen molar-refractivity contribution in [2.24, 2.45) is 40.4 Å². The van der Waals surface area contributed by atoms with Gasteiger partial charge in [0.2, 0.25) is 0 Å². The normalized spacial score (nSPS) is 45.4. The fourth-order valence-corrected chi connectivity index (χ4v) is 9.03. The van der Waals surface area contributed by atoms with Crippen molar-refractivity contribution >= 4 is 11.8 Å². The summed E-state index contributed by atoms with van der Waals surface area (Å²) in [6.07, 6.45) is 16.5. The summed E-state index contributed by atoms with van der Waals surface area (Å²) >= 11 is 0. The highest BCUT2D eigenvalue weighted by Crippen LogP contribution is 2.67. The minimum absolute atomic E-state index is 0.0664. The van der Waals surface area contributed by atoms with Crippen molar-refractivity contribution in [3.05, 3.63) is 23.9 Å². The highest BCUT2D eigenvalue weighted by molar-refractivity contribution is 5.89. The predicted octanol–water partition coefficient (Wildman–Crippen LogP) is 5.53. The number of ether oxygens (including phenoxy) is 1. The summed E-state index contributed by atoms with van der Waals surface area (Å²) in [6, 6.07) is 0. The summed E-state index contributed by atoms with van der Waals surface area (Å²) in [5, 5.41) is 0. The summed E-state index contributed by atoms with van der Waals surface area (Å²) < 4.78 is 6.03. The Morgan fingerprint density at radius 3 is 2.50 bits per heavy atom. The number of carbonyl (C=O) groups excluding carboxylic acids is 2. The van der Waals surface area contributed by atoms with E-state index in [9.17, 15) is 9.59 Å². The number of ketones is 1. The van der Waals surface area contributed by atoms with Gasteiger partial charge in [0.15, 0.2) is 0 Å². The zero-order chi connectivity index (χ0) is 22.7. The van der Waals surface area contributed by atoms with Crippen LogP contribution in [0, 0.1) is 40.4 Å². The predicted molar refractivity (Wildman–Crippen MR) is 126 cm³/mol. The molecule has 0 aromatic carbocycles. The Kier molecular flexibility index (Phi) is 5.57. The number of rotatable bonds is 3. The second-order valence-electron chi connectivity index (χ2n) is 12.2. The van der Waals surface area contributed by atoms with E-state index in [1.807, 2.05) is 37.2 Å². The smallest absolute Gasteiger partial charge is 0.336 e. The average Bonchev–Trinajstić information content (AvgIpc) is 3.11. The molecule has 0 radical (unpaired) electrons. The quantitative estimate of drug-likeness (QED) is 0.542. The van der Waals surface area contributed by atoms with Crippen LogP contribution < -0.4 is 0 Å². The van der Waals surface area contributed by atoms with E-state index in [2.05, 4.69) is 13.8 Å². The van der Waals surface area contributed by atoms with Crippen LogP contribution in [0.4, 0.5) is 0 Å². The molecule has 5 rings (SSSR count). The Labute approximate surface area is 193 Å². The SMILES string of the molecule is CC(=O)[C@H]1CC[C@H]2[C@@H]3CC[C@H]4C[C@H](OC(=O)C5=CC=CN(C)C5)CC[C@]4(C)[C@H]3CC[C@]12C. The first kappa shape index (κ1) is 22.2. The number of carbonyl (C=O) groups is 2. The van der Waals surface area contributed by atoms with Crippen molar-refractivity contribution in [1.29, 1.82) is 0 Å². The minimum Gasteiger partial charge on any atom is -0.459 e. The Morgan fingerprint density at radius 2 is 1.75 bits per heavy atom. The topological polar surface area (TPSA) is 46.6 Å². The van der Waals surface area contributed by atoms with Gasteiger partial charge >= 0.3 is 5.97 Å². The van der Waals surface area contributed by atoms with Gasteiger partial charge in [-0.15, -0.1) is 0 Å². The second-order valence-corrected chi connectivity index (χ2v) is 12.2. The lowest BCUT2D eigenvalue weighted by molar-refractivity contribution is -0.159. The molecule has 0 unspecified atom stereocenters. The van der Waals surface area contributed by atoms with Crippen LogP contribution in [0.5, 0.6) is 0 Å². The van der Waals surface area contributed by atoms with E-state index in [0.29, 0.717) is 23.7 Å². The molecule has 8 atom stereocenters. The van der Waals surface area contributed by atoms with Crippen molar-refractivity contribution in [1.82, 2.24) is 4.90 Å². The minimum atomic E-state index is -0.127. The fraction of sp³-hybridized carbons (Fsp3) is 0.786. The van der Waals surface area contributed by atoms with Gasteiger partial charge in [-0.05, 0) is 118 Å². The zero-order valence-electron chi connectivity index (χ0n) is 20.4. The van der Waals surface area contributed by atoms with Crippen molar-refractivity contribution < 1.29 is 14.3 Å². The maximum Gasteiger partial charge on any atom is 0.336 e. The summed E-state index contributed by atoms with van der Waals surface area (Å²) in [4.78, 5) is 27.1. The van der Waals surface area contributed by atoms with Crippen LogP contribution >= 0.6 is 0 Å². The molecule has 0 spiro atoms. The van der Waals surface area contributed by atoms with Gasteiger partial charge in [0.25, 0.3) is 0 Å². The van der Waals surface area contributed by atoms with E-state index < -0.39 is 0 Å². The van der Waals surface area contributed by atoms with Crippen LogP contribution in [0.3, 0.4) is 0 Å². The molecule has 4 aliphatic carbocycles. The van der Waals surface area contributed by atoms with E-state index in [1.165, 1.54) is 38.5 Å². The van der Waals surface area contributed by atoms with Crippen LogP contribution in [0.2, 0.25) is 0 Å². The van der Waals surface area contributed by atoms with Crippen LogP contribution in [-0.4, -0.2) is 36.3 Å². The molecule has 1 aliphatic heterocycles. The molecule has 32 heavy (non-hydrogen) atoms. The van der Waals surface area contributed by atoms with E-state index in [0.717, 1.165) is 42.6 Å². The van der Waals surface area contributed by atoms with Gasteiger partial charge in [-0.1, -0.05) is 13.8 Å². The number of hydrogen-bond acceptors (Lipinski definition) is 4. The molecule has 4 nitrogen and oxygen atoms in total. The number of allylic oxidation sites excluding steroid dienone is 2. The Morgan fingerprint density at radius 1 is 1.00 bits per heavy atom. The molecule has 4 fully saturated rings. The number of esters is 1. The average molecular weight is 440 g/mol. The Balaban J connectivity index is 1.26. The standard InChI is InChI=1S/C28H41NO3/c1-18(30)23-9-10-24-22-8-7-20-16-21(32-26(31)19-6-5-15-29(4)17-19)11-13-27(20,2)25(22)12-14-28(23,24)3/h5-6,15,20-25H,7-14,16-17H2,1-4H3/t20-,21+,22-,23+,24-,25-,27-,28+/m0/s1. The lowest BCUT2D eigenvalue weighted by atomic mass is 9.44. The van der Waals surface area contributed by atoms with Crippen LogP contribution in [0.25, 0.3) is 0 Å². The third kappa shape index (κ3) is 3.47. The molecule has 0 N–H and O–H groups in total. The van der Waals surface area contributed by atoms with Gasteiger partial charge in [-0.3, -0.25) is 4.79 Å². The summed E-state index contributed by atoms with van der Waals surface area (Å²) in [5.41, 5.74) is 1.37. The number of fused-ring (bicyclic) bond motifs is 5. The summed E-state index contributed by atoms with van der Waals surface area (Å²) in [5.74, 6) is 3.54. The van der Waals surface area contributed by atoms with Crippen molar-refractivity contribution in [2.45, 2.75) is 84.7 Å². The van der Waals surface area contributed by atoms with Gasteiger partial charge in [-0.2, -0.15) is 0 Å². The highest BCUT2D eigenvalue weighted by atomic mass is 16.5. The molecular weight excluding hydrogens is 398 g/mol. The fourth-order valence-electron chi connectivity index (χ4n) is 9.03. The van der Waals surface area contributed by atoms with E-state index in [1.54, 1.807) is 0 Å². The monoisotopic (exact) mass is 439 g/mol. The van der Waals surface area contributed by atoms with Crippen molar-refractivity contribution in [2.75, 3.05) is 13.6 Å². The lowest BCUT2D eigenvalue weighted by Crippen LogP contribution is -2.54. The number of Topliss-reactive ketones (excluding diaryl/α,β-unsaturated/α-hetero) is 1. The molecule has 4 heteroatoms. The third-order valence-corrected chi connectivity index (χ3v) is 10.7. The first-order valence-corrected chi connectivity index (χ1v) is 13.0. The maximum absolute atomic E-state index is 12.7. The maximum atomic E-state index is 12.7. The van der Waals surface area contributed by atoms with Crippen molar-refractivity contribution in [3.63, 3.8) is 0 Å². The van der Waals surface area contributed by atoms with Crippen LogP contribution in [-0.2, 0) is 14.3 Å². The summed E-state index contributed by atoms with van der Waals surface area (Å²) in [6.45, 7) is 7.44. The molecule has 0 aromatic rings. The first-order chi connectivity index (χ1) is 15.2. The van der Waals surface area contributed by atoms with Gasteiger partial charge < -0.3 is 9.64 Å². The van der Waals surface area contributed by atoms with Gasteiger partial charge in [0.1, 0.15) is 11.9 Å². The molecule has 4 saturated carbocycles. The molecule has 1 heterocycles. The molecule has 0 bridgehead atoms. The largest absolute Gasteiger partial charge is 0.459 e. The number of likely N-dealkylation sites (N-methyl/N-ethyl adjacent to an activating group) is 1. The third-order valence-electron chi connectivity index (χ3n) is 10.7. The molecular formula is C28H41NO3. The van der Waals surface area contributed by atoms with Gasteiger partial charge in [-0.25, -0.2) is 4.79 Å². The van der Waals surface area contributed by atoms with Gasteiger partial charge in [0.05, 0.1) is 5.57 Å². The molecule has 0 aromatic heterocycles. The molecule has 176 valence electrons. The van der Waals surface area contributed by atoms with Crippen LogP contribution in [0.15, 0.2) is 23.9 Å². The van der Waals surface area contributed by atoms with E-state index >= 15 is 0 Å². The zero-order valence-corrected chi connectivity index (χ0v) is 20.4. The van der Waals surface area contributed by atoms with Gasteiger partial charge in [0, 0.05) is 19.5 Å². The summed E-state index contributed by atoms with van der Waals surface area (Å²) in [7, 11) is 1.99. The highest BCUT2D eigenvalue weighted by Gasteiger charge is 2.60. The molecule has 0 saturated heterocycles. The van der Waals surface area contributed by atoms with E-state index in [-0.39, 0.29) is 23.4 Å².